The maximum absolute atomic E-state index is 10.9. The molecule has 5 rings (SSSR count). The Bertz CT molecular complexity index is 1150. The Morgan fingerprint density at radius 3 is 2.32 bits per heavy atom. The zero-order valence-corrected chi connectivity index (χ0v) is 17.3. The number of rotatable bonds is 5. The van der Waals surface area contributed by atoms with E-state index in [-0.39, 0.29) is 0 Å². The number of allylic oxidation sites excluding steroid dienone is 2. The number of carbonyl (C=O) groups is 1. The van der Waals surface area contributed by atoms with E-state index in [2.05, 4.69) is 59.5 Å². The van der Waals surface area contributed by atoms with Crippen LogP contribution in [0.3, 0.4) is 0 Å². The highest BCUT2D eigenvalue weighted by atomic mass is 16.4. The van der Waals surface area contributed by atoms with Crippen molar-refractivity contribution in [3.63, 3.8) is 0 Å². The molecule has 0 radical (unpaired) electrons. The fourth-order valence-electron chi connectivity index (χ4n) is 4.97. The molecule has 1 aliphatic heterocycles. The van der Waals surface area contributed by atoms with Crippen molar-refractivity contribution in [3.8, 4) is 0 Å². The summed E-state index contributed by atoms with van der Waals surface area (Å²) in [6.45, 7) is 0. The third-order valence-electron chi connectivity index (χ3n) is 6.40. The molecule has 1 fully saturated rings. The van der Waals surface area contributed by atoms with Crippen molar-refractivity contribution < 1.29 is 9.90 Å². The van der Waals surface area contributed by atoms with Crippen LogP contribution in [0.25, 0.3) is 12.2 Å². The lowest BCUT2D eigenvalue weighted by Gasteiger charge is -2.27. The van der Waals surface area contributed by atoms with Gasteiger partial charge in [-0.1, -0.05) is 67.1 Å². The third-order valence-corrected chi connectivity index (χ3v) is 6.40. The van der Waals surface area contributed by atoms with E-state index in [9.17, 15) is 4.79 Å². The molecule has 1 aliphatic carbocycles. The highest BCUT2D eigenvalue weighted by Gasteiger charge is 2.41. The number of benzene rings is 3. The normalized spacial score (nSPS) is 19.8. The standard InChI is InChI=1S/C28H25NO2/c30-28(31)22-16-13-20(14-17-22)7-4-5-8-21-15-18-27-25(19-21)24-11-6-12-26(24)29(27)23-9-2-1-3-10-23/h1-5,7-10,13-19,24,26H,6,11-12H2,(H,30,31). The molecule has 2 atom stereocenters. The van der Waals surface area contributed by atoms with Gasteiger partial charge in [0.15, 0.2) is 0 Å². The Morgan fingerprint density at radius 2 is 1.58 bits per heavy atom. The SMILES string of the molecule is O=C(O)c1ccc(C=CC=Cc2ccc3c(c2)C2CCCC2N3c2ccccc2)cc1. The molecular weight excluding hydrogens is 382 g/mol. The number of aromatic carboxylic acids is 1. The van der Waals surface area contributed by atoms with Crippen molar-refractivity contribution in [2.45, 2.75) is 31.2 Å². The topological polar surface area (TPSA) is 40.5 Å². The van der Waals surface area contributed by atoms with Crippen LogP contribution < -0.4 is 4.90 Å². The number of para-hydroxylation sites is 1. The lowest BCUT2D eigenvalue weighted by molar-refractivity contribution is 0.0697. The lowest BCUT2D eigenvalue weighted by atomic mass is 9.96. The summed E-state index contributed by atoms with van der Waals surface area (Å²) < 4.78 is 0. The largest absolute Gasteiger partial charge is 0.478 e. The van der Waals surface area contributed by atoms with E-state index in [1.54, 1.807) is 12.1 Å². The number of carboxylic acid groups (broad SMARTS) is 1. The second-order valence-corrected chi connectivity index (χ2v) is 8.27. The molecule has 3 heteroatoms. The first-order valence-electron chi connectivity index (χ1n) is 10.9. The van der Waals surface area contributed by atoms with Crippen LogP contribution in [0.4, 0.5) is 11.4 Å². The molecule has 1 heterocycles. The Hall–Kier alpha value is -3.59. The minimum absolute atomic E-state index is 0.306. The van der Waals surface area contributed by atoms with E-state index >= 15 is 0 Å². The van der Waals surface area contributed by atoms with Crippen molar-refractivity contribution in [3.05, 3.63) is 107 Å². The van der Waals surface area contributed by atoms with E-state index < -0.39 is 5.97 Å². The Morgan fingerprint density at radius 1 is 0.871 bits per heavy atom. The fraction of sp³-hybridized carbons (Fsp3) is 0.179. The van der Waals surface area contributed by atoms with Gasteiger partial charge in [-0.25, -0.2) is 4.79 Å². The molecule has 3 aromatic rings. The molecule has 1 N–H and O–H groups in total. The van der Waals surface area contributed by atoms with Crippen LogP contribution >= 0.6 is 0 Å². The van der Waals surface area contributed by atoms with Gasteiger partial charge in [0.1, 0.15) is 0 Å². The second-order valence-electron chi connectivity index (χ2n) is 8.27. The van der Waals surface area contributed by atoms with Gasteiger partial charge in [-0.15, -0.1) is 0 Å². The molecule has 0 bridgehead atoms. The van der Waals surface area contributed by atoms with Crippen LogP contribution in [0.5, 0.6) is 0 Å². The van der Waals surface area contributed by atoms with Gasteiger partial charge in [-0.3, -0.25) is 0 Å². The smallest absolute Gasteiger partial charge is 0.335 e. The van der Waals surface area contributed by atoms with Crippen LogP contribution in [0.2, 0.25) is 0 Å². The highest BCUT2D eigenvalue weighted by molar-refractivity contribution is 5.87. The van der Waals surface area contributed by atoms with Gasteiger partial charge in [0.2, 0.25) is 0 Å². The predicted octanol–water partition coefficient (Wildman–Crippen LogP) is 6.90. The molecule has 0 amide bonds. The quantitative estimate of drug-likeness (QED) is 0.468. The van der Waals surface area contributed by atoms with E-state index in [0.29, 0.717) is 17.5 Å². The molecule has 0 saturated heterocycles. The second kappa shape index (κ2) is 8.27. The number of hydrogen-bond donors (Lipinski definition) is 1. The number of hydrogen-bond acceptors (Lipinski definition) is 2. The molecule has 2 aliphatic rings. The monoisotopic (exact) mass is 407 g/mol. The van der Waals surface area contributed by atoms with Gasteiger partial charge in [0.25, 0.3) is 0 Å². The predicted molar refractivity (Wildman–Crippen MR) is 127 cm³/mol. The average molecular weight is 408 g/mol. The van der Waals surface area contributed by atoms with Crippen molar-refractivity contribution in [1.29, 1.82) is 0 Å². The number of anilines is 2. The maximum atomic E-state index is 10.9. The van der Waals surface area contributed by atoms with Gasteiger partial charge in [0, 0.05) is 23.3 Å². The van der Waals surface area contributed by atoms with Crippen LogP contribution in [-0.4, -0.2) is 17.1 Å². The summed E-state index contributed by atoms with van der Waals surface area (Å²) in [7, 11) is 0. The lowest BCUT2D eigenvalue weighted by Crippen LogP contribution is -2.26. The van der Waals surface area contributed by atoms with Gasteiger partial charge in [-0.05, 0) is 65.9 Å². The number of carboxylic acids is 1. The summed E-state index contributed by atoms with van der Waals surface area (Å²) in [5.74, 6) is -0.283. The van der Waals surface area contributed by atoms with E-state index in [1.807, 2.05) is 30.4 Å². The first-order valence-corrected chi connectivity index (χ1v) is 10.9. The molecule has 31 heavy (non-hydrogen) atoms. The van der Waals surface area contributed by atoms with E-state index in [4.69, 9.17) is 5.11 Å². The first kappa shape index (κ1) is 19.4. The van der Waals surface area contributed by atoms with E-state index in [1.165, 1.54) is 41.8 Å². The molecule has 154 valence electrons. The first-order chi connectivity index (χ1) is 15.2. The molecule has 1 saturated carbocycles. The number of fused-ring (bicyclic) bond motifs is 3. The Labute approximate surface area is 183 Å². The molecule has 0 aromatic heterocycles. The molecule has 0 spiro atoms. The van der Waals surface area contributed by atoms with Crippen LogP contribution in [0.1, 0.15) is 52.2 Å². The Kier molecular flexibility index (Phi) is 5.17. The summed E-state index contributed by atoms with van der Waals surface area (Å²) >= 11 is 0. The van der Waals surface area contributed by atoms with Gasteiger partial charge in [0.05, 0.1) is 5.56 Å². The highest BCUT2D eigenvalue weighted by Crippen LogP contribution is 2.52. The van der Waals surface area contributed by atoms with Gasteiger partial charge in [-0.2, -0.15) is 0 Å². The summed E-state index contributed by atoms with van der Waals surface area (Å²) in [5, 5.41) is 8.99. The summed E-state index contributed by atoms with van der Waals surface area (Å²) in [6.07, 6.45) is 12.0. The molecule has 2 unspecified atom stereocenters. The molecule has 3 aromatic carbocycles. The average Bonchev–Trinajstić information content (AvgIpc) is 3.38. The van der Waals surface area contributed by atoms with Gasteiger partial charge < -0.3 is 10.0 Å². The third kappa shape index (κ3) is 3.79. The zero-order valence-electron chi connectivity index (χ0n) is 17.3. The van der Waals surface area contributed by atoms with Crippen molar-refractivity contribution in [2.75, 3.05) is 4.90 Å². The minimum Gasteiger partial charge on any atom is -0.478 e. The minimum atomic E-state index is -0.901. The Balaban J connectivity index is 1.35. The van der Waals surface area contributed by atoms with Gasteiger partial charge >= 0.3 is 5.97 Å². The number of nitrogens with zero attached hydrogens (tertiary/aromatic N) is 1. The summed E-state index contributed by atoms with van der Waals surface area (Å²) in [6, 6.07) is 25.0. The zero-order chi connectivity index (χ0) is 21.2. The maximum Gasteiger partial charge on any atom is 0.335 e. The fourth-order valence-corrected chi connectivity index (χ4v) is 4.97. The van der Waals surface area contributed by atoms with Crippen molar-refractivity contribution >= 4 is 29.5 Å². The summed E-state index contributed by atoms with van der Waals surface area (Å²) in [4.78, 5) is 13.5. The van der Waals surface area contributed by atoms with Crippen molar-refractivity contribution in [2.24, 2.45) is 0 Å². The van der Waals surface area contributed by atoms with E-state index in [0.717, 1.165) is 5.56 Å². The van der Waals surface area contributed by atoms with Crippen LogP contribution in [0.15, 0.2) is 84.9 Å². The molecular formula is C28H25NO2. The van der Waals surface area contributed by atoms with Crippen LogP contribution in [0, 0.1) is 0 Å². The molecule has 3 nitrogen and oxygen atoms in total. The van der Waals surface area contributed by atoms with Crippen LogP contribution in [-0.2, 0) is 0 Å². The van der Waals surface area contributed by atoms with Crippen molar-refractivity contribution in [1.82, 2.24) is 0 Å². The summed E-state index contributed by atoms with van der Waals surface area (Å²) in [5.41, 5.74) is 6.62.